The highest BCUT2D eigenvalue weighted by Crippen LogP contribution is 2.15. The van der Waals surface area contributed by atoms with E-state index in [1.807, 2.05) is 30.3 Å². The number of furan rings is 1. The Morgan fingerprint density at radius 3 is 2.57 bits per heavy atom. The molecule has 2 aromatic heterocycles. The lowest BCUT2D eigenvalue weighted by atomic mass is 10.1. The average molecular weight is 282 g/mol. The third kappa shape index (κ3) is 3.17. The molecule has 1 N–H and O–H groups in total. The number of nitrogens with zero attached hydrogens (tertiary/aromatic N) is 3. The Labute approximate surface area is 121 Å². The van der Waals surface area contributed by atoms with Crippen molar-refractivity contribution in [2.24, 2.45) is 0 Å². The van der Waals surface area contributed by atoms with Crippen LogP contribution in [0.15, 0.2) is 65.5 Å². The van der Waals surface area contributed by atoms with E-state index in [1.165, 1.54) is 6.26 Å². The second kappa shape index (κ2) is 6.04. The molecule has 1 aromatic carbocycles. The monoisotopic (exact) mass is 282 g/mol. The molecule has 0 aliphatic rings. The summed E-state index contributed by atoms with van der Waals surface area (Å²) in [5, 5.41) is 11.1. The van der Waals surface area contributed by atoms with E-state index in [9.17, 15) is 4.79 Å². The predicted molar refractivity (Wildman–Crippen MR) is 75.4 cm³/mol. The SMILES string of the molecule is O=C(N[C@@H](Cn1nccn1)c1ccccc1)c1ccco1. The van der Waals surface area contributed by atoms with Crippen molar-refractivity contribution in [2.45, 2.75) is 12.6 Å². The summed E-state index contributed by atoms with van der Waals surface area (Å²) in [4.78, 5) is 13.7. The van der Waals surface area contributed by atoms with Crippen molar-refractivity contribution in [2.75, 3.05) is 0 Å². The molecular formula is C15H14N4O2. The van der Waals surface area contributed by atoms with E-state index in [1.54, 1.807) is 29.3 Å². The first kappa shape index (κ1) is 13.1. The lowest BCUT2D eigenvalue weighted by Crippen LogP contribution is -2.31. The Bertz CT molecular complexity index is 678. The Hall–Kier alpha value is -2.89. The quantitative estimate of drug-likeness (QED) is 0.777. The van der Waals surface area contributed by atoms with E-state index in [4.69, 9.17) is 4.42 Å². The molecule has 1 atom stereocenters. The molecule has 0 bridgehead atoms. The van der Waals surface area contributed by atoms with Crippen LogP contribution in [-0.4, -0.2) is 20.9 Å². The molecule has 0 saturated carbocycles. The minimum atomic E-state index is -0.263. The zero-order valence-corrected chi connectivity index (χ0v) is 11.2. The summed E-state index contributed by atoms with van der Waals surface area (Å²) in [6.45, 7) is 0.448. The number of amides is 1. The summed E-state index contributed by atoms with van der Waals surface area (Å²) in [5.41, 5.74) is 0.981. The number of nitrogens with one attached hydrogen (secondary N) is 1. The Morgan fingerprint density at radius 2 is 1.90 bits per heavy atom. The van der Waals surface area contributed by atoms with Gasteiger partial charge in [-0.05, 0) is 17.7 Å². The van der Waals surface area contributed by atoms with Crippen molar-refractivity contribution >= 4 is 5.91 Å². The van der Waals surface area contributed by atoms with E-state index >= 15 is 0 Å². The molecule has 2 heterocycles. The van der Waals surface area contributed by atoms with Gasteiger partial charge in [0.25, 0.3) is 5.91 Å². The highest BCUT2D eigenvalue weighted by Gasteiger charge is 2.18. The number of hydrogen-bond acceptors (Lipinski definition) is 4. The van der Waals surface area contributed by atoms with E-state index in [0.29, 0.717) is 6.54 Å². The molecule has 1 amide bonds. The Morgan fingerprint density at radius 1 is 1.14 bits per heavy atom. The maximum absolute atomic E-state index is 12.2. The second-order valence-corrected chi connectivity index (χ2v) is 4.50. The number of carbonyl (C=O) groups is 1. The predicted octanol–water partition coefficient (Wildman–Crippen LogP) is 2.04. The van der Waals surface area contributed by atoms with E-state index in [0.717, 1.165) is 5.56 Å². The molecular weight excluding hydrogens is 268 g/mol. The molecule has 106 valence electrons. The second-order valence-electron chi connectivity index (χ2n) is 4.50. The minimum Gasteiger partial charge on any atom is -0.459 e. The fourth-order valence-corrected chi connectivity index (χ4v) is 2.06. The molecule has 0 saturated heterocycles. The standard InChI is InChI=1S/C15H14N4O2/c20-15(14-7-4-10-21-14)18-13(11-19-16-8-9-17-19)12-5-2-1-3-6-12/h1-10,13H,11H2,(H,18,20)/t13-/m0/s1. The normalized spacial score (nSPS) is 12.0. The van der Waals surface area contributed by atoms with E-state index in [-0.39, 0.29) is 17.7 Å². The van der Waals surface area contributed by atoms with Gasteiger partial charge < -0.3 is 9.73 Å². The first-order valence-corrected chi connectivity index (χ1v) is 6.56. The van der Waals surface area contributed by atoms with Gasteiger partial charge in [-0.15, -0.1) is 0 Å². The van der Waals surface area contributed by atoms with Gasteiger partial charge in [0.15, 0.2) is 5.76 Å². The van der Waals surface area contributed by atoms with Crippen LogP contribution in [-0.2, 0) is 6.54 Å². The van der Waals surface area contributed by atoms with Crippen molar-refractivity contribution in [3.8, 4) is 0 Å². The zero-order valence-electron chi connectivity index (χ0n) is 11.2. The maximum Gasteiger partial charge on any atom is 0.287 e. The summed E-state index contributed by atoms with van der Waals surface area (Å²) in [5.74, 6) is 0.0189. The Balaban J connectivity index is 1.80. The lowest BCUT2D eigenvalue weighted by molar-refractivity contribution is 0.0902. The van der Waals surface area contributed by atoms with Crippen molar-refractivity contribution in [3.05, 3.63) is 72.4 Å². The Kier molecular flexibility index (Phi) is 3.77. The molecule has 0 spiro atoms. The first-order chi connectivity index (χ1) is 10.3. The number of hydrogen-bond donors (Lipinski definition) is 1. The van der Waals surface area contributed by atoms with Gasteiger partial charge in [0.1, 0.15) is 0 Å². The summed E-state index contributed by atoms with van der Waals surface area (Å²) >= 11 is 0. The van der Waals surface area contributed by atoms with Crippen LogP contribution in [0.4, 0.5) is 0 Å². The highest BCUT2D eigenvalue weighted by molar-refractivity contribution is 5.91. The van der Waals surface area contributed by atoms with Gasteiger partial charge in [-0.1, -0.05) is 30.3 Å². The third-order valence-electron chi connectivity index (χ3n) is 3.06. The van der Waals surface area contributed by atoms with Gasteiger partial charge in [0, 0.05) is 0 Å². The molecule has 6 heteroatoms. The smallest absolute Gasteiger partial charge is 0.287 e. The van der Waals surface area contributed by atoms with Crippen LogP contribution in [0, 0.1) is 0 Å². The van der Waals surface area contributed by atoms with Crippen LogP contribution in [0.25, 0.3) is 0 Å². The van der Waals surface area contributed by atoms with Crippen molar-refractivity contribution in [3.63, 3.8) is 0 Å². The summed E-state index contributed by atoms with van der Waals surface area (Å²) in [6, 6.07) is 12.8. The van der Waals surface area contributed by atoms with Crippen molar-refractivity contribution in [1.82, 2.24) is 20.3 Å². The maximum atomic E-state index is 12.2. The zero-order chi connectivity index (χ0) is 14.5. The molecule has 0 radical (unpaired) electrons. The molecule has 3 rings (SSSR count). The van der Waals surface area contributed by atoms with Gasteiger partial charge in [0.2, 0.25) is 0 Å². The largest absolute Gasteiger partial charge is 0.459 e. The number of aromatic nitrogens is 3. The van der Waals surface area contributed by atoms with Crippen LogP contribution in [0.3, 0.4) is 0 Å². The topological polar surface area (TPSA) is 73.0 Å². The van der Waals surface area contributed by atoms with Crippen molar-refractivity contribution < 1.29 is 9.21 Å². The molecule has 3 aromatic rings. The van der Waals surface area contributed by atoms with Crippen LogP contribution < -0.4 is 5.32 Å². The number of benzene rings is 1. The third-order valence-corrected chi connectivity index (χ3v) is 3.06. The van der Waals surface area contributed by atoms with Crippen LogP contribution in [0.1, 0.15) is 22.2 Å². The molecule has 6 nitrogen and oxygen atoms in total. The summed E-state index contributed by atoms with van der Waals surface area (Å²) < 4.78 is 5.12. The molecule has 0 fully saturated rings. The van der Waals surface area contributed by atoms with E-state index in [2.05, 4.69) is 15.5 Å². The first-order valence-electron chi connectivity index (χ1n) is 6.56. The van der Waals surface area contributed by atoms with Crippen LogP contribution in [0.5, 0.6) is 0 Å². The van der Waals surface area contributed by atoms with E-state index < -0.39 is 0 Å². The highest BCUT2D eigenvalue weighted by atomic mass is 16.3. The summed E-state index contributed by atoms with van der Waals surface area (Å²) in [7, 11) is 0. The van der Waals surface area contributed by atoms with Crippen LogP contribution >= 0.6 is 0 Å². The van der Waals surface area contributed by atoms with Gasteiger partial charge in [-0.25, -0.2) is 0 Å². The van der Waals surface area contributed by atoms with Gasteiger partial charge in [-0.3, -0.25) is 4.79 Å². The fraction of sp³-hybridized carbons (Fsp3) is 0.133. The minimum absolute atomic E-state index is 0.240. The summed E-state index contributed by atoms with van der Waals surface area (Å²) in [6.07, 6.45) is 4.69. The van der Waals surface area contributed by atoms with Gasteiger partial charge in [0.05, 0.1) is 31.2 Å². The van der Waals surface area contributed by atoms with Crippen LogP contribution in [0.2, 0.25) is 0 Å². The fourth-order valence-electron chi connectivity index (χ4n) is 2.06. The number of rotatable bonds is 5. The lowest BCUT2D eigenvalue weighted by Gasteiger charge is -2.18. The van der Waals surface area contributed by atoms with Gasteiger partial charge in [-0.2, -0.15) is 15.0 Å². The molecule has 21 heavy (non-hydrogen) atoms. The number of carbonyl (C=O) groups excluding carboxylic acids is 1. The molecule has 0 aliphatic heterocycles. The molecule has 0 unspecified atom stereocenters. The van der Waals surface area contributed by atoms with Crippen molar-refractivity contribution in [1.29, 1.82) is 0 Å². The average Bonchev–Trinajstić information content (AvgIpc) is 3.21. The molecule has 0 aliphatic carbocycles. The van der Waals surface area contributed by atoms with Gasteiger partial charge >= 0.3 is 0 Å².